The van der Waals surface area contributed by atoms with Gasteiger partial charge in [-0.3, -0.25) is 4.79 Å². The number of nitrogens with one attached hydrogen (secondary N) is 1. The average Bonchev–Trinajstić information content (AvgIpc) is 3.55. The number of aromatic nitrogens is 4. The normalized spacial score (nSPS) is 20.6. The SMILES string of the molecule is CN(C)[C@@H]1CCN(C(=O)[C@H]2CCc3c(sc4ncnc(Nc5ccn6nccc6c5)c34)C2)C1. The van der Waals surface area contributed by atoms with E-state index in [9.17, 15) is 4.79 Å². The zero-order valence-corrected chi connectivity index (χ0v) is 19.7. The van der Waals surface area contributed by atoms with Crippen LogP contribution in [-0.2, 0) is 17.6 Å². The van der Waals surface area contributed by atoms with Gasteiger partial charge in [0.15, 0.2) is 0 Å². The number of amides is 1. The predicted molar refractivity (Wildman–Crippen MR) is 130 cm³/mol. The fourth-order valence-corrected chi connectivity index (χ4v) is 6.44. The van der Waals surface area contributed by atoms with Crippen LogP contribution in [0.5, 0.6) is 0 Å². The number of nitrogens with zero attached hydrogens (tertiary/aromatic N) is 6. The molecule has 0 radical (unpaired) electrons. The summed E-state index contributed by atoms with van der Waals surface area (Å²) in [6, 6.07) is 6.51. The van der Waals surface area contributed by atoms with Gasteiger partial charge < -0.3 is 15.1 Å². The average molecular weight is 462 g/mol. The molecule has 1 amide bonds. The molecule has 5 heterocycles. The van der Waals surface area contributed by atoms with Crippen molar-refractivity contribution in [2.45, 2.75) is 31.7 Å². The second kappa shape index (κ2) is 8.07. The lowest BCUT2D eigenvalue weighted by Gasteiger charge is -2.27. The van der Waals surface area contributed by atoms with Crippen molar-refractivity contribution in [1.29, 1.82) is 0 Å². The molecule has 1 fully saturated rings. The van der Waals surface area contributed by atoms with E-state index in [0.29, 0.717) is 11.9 Å². The Kier molecular flexibility index (Phi) is 5.03. The minimum atomic E-state index is 0.0696. The van der Waals surface area contributed by atoms with Gasteiger partial charge in [0.2, 0.25) is 5.91 Å². The van der Waals surface area contributed by atoms with Crippen molar-refractivity contribution in [2.75, 3.05) is 32.5 Å². The quantitative estimate of drug-likeness (QED) is 0.502. The molecule has 9 heteroatoms. The largest absolute Gasteiger partial charge is 0.341 e. The Morgan fingerprint density at radius 2 is 2.15 bits per heavy atom. The number of hydrogen-bond acceptors (Lipinski definition) is 7. The van der Waals surface area contributed by atoms with Gasteiger partial charge in [0.05, 0.1) is 10.9 Å². The molecule has 2 aliphatic rings. The van der Waals surface area contributed by atoms with Gasteiger partial charge in [-0.25, -0.2) is 14.5 Å². The van der Waals surface area contributed by atoms with Gasteiger partial charge in [0.1, 0.15) is 17.0 Å². The van der Waals surface area contributed by atoms with Crippen LogP contribution in [0.2, 0.25) is 0 Å². The number of hydrogen-bond donors (Lipinski definition) is 1. The Labute approximate surface area is 196 Å². The molecule has 4 aromatic heterocycles. The number of carbonyl (C=O) groups is 1. The summed E-state index contributed by atoms with van der Waals surface area (Å²) in [6.07, 6.45) is 9.00. The van der Waals surface area contributed by atoms with E-state index < -0.39 is 0 Å². The lowest BCUT2D eigenvalue weighted by Crippen LogP contribution is -2.39. The lowest BCUT2D eigenvalue weighted by atomic mass is 9.87. The first kappa shape index (κ1) is 20.6. The molecule has 4 aromatic rings. The molecule has 0 saturated carbocycles. The number of likely N-dealkylation sites (N-methyl/N-ethyl adjacent to an activating group) is 1. The molecule has 0 spiro atoms. The number of pyridine rings is 1. The molecule has 0 unspecified atom stereocenters. The number of rotatable bonds is 4. The zero-order chi connectivity index (χ0) is 22.5. The molecule has 2 atom stereocenters. The van der Waals surface area contributed by atoms with Crippen molar-refractivity contribution in [3.63, 3.8) is 0 Å². The van der Waals surface area contributed by atoms with E-state index in [2.05, 4.69) is 50.3 Å². The number of aryl methyl sites for hydroxylation is 1. The fraction of sp³-hybridized carbons (Fsp3) is 0.417. The maximum Gasteiger partial charge on any atom is 0.226 e. The Bertz CT molecular complexity index is 1340. The van der Waals surface area contributed by atoms with Crippen LogP contribution in [0.25, 0.3) is 15.7 Å². The van der Waals surface area contributed by atoms with Crippen LogP contribution in [-0.4, -0.2) is 68.5 Å². The molecule has 1 saturated heterocycles. The highest BCUT2D eigenvalue weighted by atomic mass is 32.1. The van der Waals surface area contributed by atoms with E-state index in [1.807, 2.05) is 22.8 Å². The summed E-state index contributed by atoms with van der Waals surface area (Å²) in [5.41, 5.74) is 3.30. The summed E-state index contributed by atoms with van der Waals surface area (Å²) < 4.78 is 1.84. The standard InChI is InChI=1S/C24H27N7OS/c1-29(2)18-7-9-30(13-18)24(32)15-3-4-19-20(11-15)33-23-21(19)22(25-14-26-23)28-16-6-10-31-17(12-16)5-8-27-31/h5-6,8,10,12,14-15,18H,3-4,7,9,11,13H2,1-2H3,(H,25,26,28)/t15-,18+/m0/s1. The molecule has 0 aromatic carbocycles. The highest BCUT2D eigenvalue weighted by Crippen LogP contribution is 2.41. The number of fused-ring (bicyclic) bond motifs is 4. The van der Waals surface area contributed by atoms with Crippen LogP contribution in [0, 0.1) is 5.92 Å². The second-order valence-electron chi connectivity index (χ2n) is 9.28. The van der Waals surface area contributed by atoms with Crippen molar-refractivity contribution >= 4 is 44.5 Å². The topological polar surface area (TPSA) is 78.7 Å². The van der Waals surface area contributed by atoms with Gasteiger partial charge in [-0.2, -0.15) is 5.10 Å². The van der Waals surface area contributed by atoms with E-state index in [-0.39, 0.29) is 5.92 Å². The van der Waals surface area contributed by atoms with E-state index in [1.54, 1.807) is 23.9 Å². The Morgan fingerprint density at radius 1 is 1.24 bits per heavy atom. The molecule has 8 nitrogen and oxygen atoms in total. The number of anilines is 2. The molecule has 6 rings (SSSR count). The van der Waals surface area contributed by atoms with Crippen LogP contribution >= 0.6 is 11.3 Å². The molecule has 1 aliphatic heterocycles. The van der Waals surface area contributed by atoms with Gasteiger partial charge in [0.25, 0.3) is 0 Å². The van der Waals surface area contributed by atoms with Crippen LogP contribution in [0.15, 0.2) is 36.9 Å². The summed E-state index contributed by atoms with van der Waals surface area (Å²) >= 11 is 1.71. The number of thiophene rings is 1. The van der Waals surface area contributed by atoms with Crippen molar-refractivity contribution in [1.82, 2.24) is 29.4 Å². The first-order chi connectivity index (χ1) is 16.1. The third kappa shape index (κ3) is 3.65. The minimum absolute atomic E-state index is 0.0696. The van der Waals surface area contributed by atoms with E-state index in [1.165, 1.54) is 10.4 Å². The summed E-state index contributed by atoms with van der Waals surface area (Å²) in [6.45, 7) is 1.72. The van der Waals surface area contributed by atoms with Gasteiger partial charge in [-0.1, -0.05) is 0 Å². The van der Waals surface area contributed by atoms with Crippen LogP contribution in [0.1, 0.15) is 23.3 Å². The third-order valence-corrected chi connectivity index (χ3v) is 8.22. The molecule has 0 bridgehead atoms. The molecule has 170 valence electrons. The summed E-state index contributed by atoms with van der Waals surface area (Å²) in [7, 11) is 4.20. The summed E-state index contributed by atoms with van der Waals surface area (Å²) in [4.78, 5) is 29.0. The van der Waals surface area contributed by atoms with Crippen LogP contribution in [0.3, 0.4) is 0 Å². The van der Waals surface area contributed by atoms with Crippen molar-refractivity contribution in [3.05, 3.63) is 47.4 Å². The second-order valence-corrected chi connectivity index (χ2v) is 10.4. The number of likely N-dealkylation sites (tertiary alicyclic amines) is 1. The fourth-order valence-electron chi connectivity index (χ4n) is 5.17. The van der Waals surface area contributed by atoms with Crippen LogP contribution < -0.4 is 5.32 Å². The minimum Gasteiger partial charge on any atom is -0.341 e. The Balaban J connectivity index is 1.25. The maximum atomic E-state index is 13.3. The molecular weight excluding hydrogens is 434 g/mol. The monoisotopic (exact) mass is 461 g/mol. The third-order valence-electron chi connectivity index (χ3n) is 7.06. The van der Waals surface area contributed by atoms with Gasteiger partial charge in [-0.15, -0.1) is 11.3 Å². The smallest absolute Gasteiger partial charge is 0.226 e. The van der Waals surface area contributed by atoms with E-state index in [4.69, 9.17) is 0 Å². The molecule has 1 aliphatic carbocycles. The van der Waals surface area contributed by atoms with Gasteiger partial charge in [-0.05, 0) is 63.5 Å². The van der Waals surface area contributed by atoms with Crippen molar-refractivity contribution < 1.29 is 4.79 Å². The van der Waals surface area contributed by atoms with E-state index >= 15 is 0 Å². The van der Waals surface area contributed by atoms with Gasteiger partial charge in [0, 0.05) is 48.0 Å². The van der Waals surface area contributed by atoms with Gasteiger partial charge >= 0.3 is 0 Å². The zero-order valence-electron chi connectivity index (χ0n) is 18.9. The highest BCUT2D eigenvalue weighted by Gasteiger charge is 2.35. The molecule has 1 N–H and O–H groups in total. The maximum absolute atomic E-state index is 13.3. The Morgan fingerprint density at radius 3 is 3.00 bits per heavy atom. The first-order valence-electron chi connectivity index (χ1n) is 11.5. The number of carbonyl (C=O) groups excluding carboxylic acids is 1. The van der Waals surface area contributed by atoms with Crippen molar-refractivity contribution in [2.24, 2.45) is 5.92 Å². The van der Waals surface area contributed by atoms with Crippen molar-refractivity contribution in [3.8, 4) is 0 Å². The highest BCUT2D eigenvalue weighted by molar-refractivity contribution is 7.19. The Hall–Kier alpha value is -3.04. The van der Waals surface area contributed by atoms with E-state index in [0.717, 1.165) is 66.0 Å². The predicted octanol–water partition coefficient (Wildman–Crippen LogP) is 3.35. The summed E-state index contributed by atoms with van der Waals surface area (Å²) in [5.74, 6) is 1.22. The molecular formula is C24H27N7OS. The molecule has 33 heavy (non-hydrogen) atoms. The van der Waals surface area contributed by atoms with Crippen LogP contribution in [0.4, 0.5) is 11.5 Å². The summed E-state index contributed by atoms with van der Waals surface area (Å²) in [5, 5.41) is 8.86. The first-order valence-corrected chi connectivity index (χ1v) is 12.3. The lowest BCUT2D eigenvalue weighted by molar-refractivity contribution is -0.134.